The van der Waals surface area contributed by atoms with Crippen molar-refractivity contribution in [3.05, 3.63) is 22.5 Å². The second-order valence-corrected chi connectivity index (χ2v) is 6.81. The minimum absolute atomic E-state index is 0.00234. The lowest BCUT2D eigenvalue weighted by atomic mass is 10.1. The molecule has 3 nitrogen and oxygen atoms in total. The van der Waals surface area contributed by atoms with E-state index in [0.29, 0.717) is 25.9 Å². The summed E-state index contributed by atoms with van der Waals surface area (Å²) >= 11 is 0. The molecule has 0 aliphatic carbocycles. The van der Waals surface area contributed by atoms with Gasteiger partial charge in [0.15, 0.2) is 0 Å². The number of carbonyl (C=O) groups excluding carboxylic acids is 1. The third-order valence-electron chi connectivity index (χ3n) is 3.36. The van der Waals surface area contributed by atoms with Crippen LogP contribution in [0.4, 0.5) is 18.0 Å². The molecule has 7 heteroatoms. The van der Waals surface area contributed by atoms with Gasteiger partial charge >= 0.3 is 12.3 Å². The summed E-state index contributed by atoms with van der Waals surface area (Å²) in [5.41, 5.74) is 0. The Labute approximate surface area is 112 Å². The number of carbonyl (C=O) groups is 1. The molecular weight excluding hydrogens is 279 g/mol. The van der Waals surface area contributed by atoms with Crippen molar-refractivity contribution in [3.8, 4) is 0 Å². The Hall–Kier alpha value is -1.11. The van der Waals surface area contributed by atoms with Crippen LogP contribution in [0.2, 0.25) is 0 Å². The molecule has 19 heavy (non-hydrogen) atoms. The summed E-state index contributed by atoms with van der Waals surface area (Å²) in [6.45, 7) is 0.935. The van der Waals surface area contributed by atoms with Crippen molar-refractivity contribution in [2.75, 3.05) is 20.2 Å². The molecule has 1 amide bonds. The number of piperidine rings is 1. The Bertz CT molecular complexity index is 412. The number of amides is 1. The van der Waals surface area contributed by atoms with E-state index >= 15 is 0 Å². The Morgan fingerprint density at radius 1 is 1.42 bits per heavy atom. The molecular formula is C12H16F3NO2S. The number of allylic oxidation sites excluding steroid dienone is 3. The van der Waals surface area contributed by atoms with E-state index in [1.807, 2.05) is 0 Å². The van der Waals surface area contributed by atoms with E-state index in [-0.39, 0.29) is 5.25 Å². The molecule has 2 aliphatic heterocycles. The standard InChI is InChI=1S/C12H16F3NO2S/c1-18-11(17)16-6-4-9(5-7-16)19-8-2-3-10(19)12(13,14)15/h2-3,8-9,19H,4-7H2,1H3. The Morgan fingerprint density at radius 3 is 2.58 bits per heavy atom. The van der Waals surface area contributed by atoms with Gasteiger partial charge in [0.25, 0.3) is 0 Å². The number of nitrogens with zero attached hydrogens (tertiary/aromatic N) is 1. The zero-order valence-electron chi connectivity index (χ0n) is 10.5. The molecule has 2 rings (SSSR count). The number of thiol groups is 1. The van der Waals surface area contributed by atoms with Crippen LogP contribution >= 0.6 is 10.9 Å². The first-order chi connectivity index (χ1) is 8.93. The summed E-state index contributed by atoms with van der Waals surface area (Å²) in [6.07, 6.45) is -0.773. The largest absolute Gasteiger partial charge is 0.453 e. The Morgan fingerprint density at radius 2 is 2.05 bits per heavy atom. The van der Waals surface area contributed by atoms with E-state index in [9.17, 15) is 18.0 Å². The quantitative estimate of drug-likeness (QED) is 0.753. The van der Waals surface area contributed by atoms with Crippen molar-refractivity contribution in [1.82, 2.24) is 4.90 Å². The zero-order chi connectivity index (χ0) is 14.0. The first kappa shape index (κ1) is 14.3. The van der Waals surface area contributed by atoms with E-state index in [4.69, 9.17) is 0 Å². The van der Waals surface area contributed by atoms with Crippen LogP contribution in [0.3, 0.4) is 0 Å². The predicted octanol–water partition coefficient (Wildman–Crippen LogP) is 3.19. The Kier molecular flexibility index (Phi) is 4.13. The first-order valence-electron chi connectivity index (χ1n) is 6.00. The van der Waals surface area contributed by atoms with Crippen molar-refractivity contribution in [2.24, 2.45) is 0 Å². The van der Waals surface area contributed by atoms with Crippen molar-refractivity contribution >= 4 is 17.0 Å². The fraction of sp³-hybridized carbons (Fsp3) is 0.583. The maximum atomic E-state index is 12.8. The number of halogens is 3. The van der Waals surface area contributed by atoms with Crippen molar-refractivity contribution in [1.29, 1.82) is 0 Å². The molecule has 0 aromatic heterocycles. The highest BCUT2D eigenvalue weighted by Crippen LogP contribution is 2.54. The molecule has 0 N–H and O–H groups in total. The lowest BCUT2D eigenvalue weighted by Gasteiger charge is -2.36. The normalized spacial score (nSPS) is 26.4. The molecule has 0 aromatic rings. The number of hydrogen-bond donors (Lipinski definition) is 1. The van der Waals surface area contributed by atoms with Crippen molar-refractivity contribution < 1.29 is 22.7 Å². The molecule has 2 aliphatic rings. The van der Waals surface area contributed by atoms with E-state index < -0.39 is 28.1 Å². The molecule has 1 atom stereocenters. The molecule has 0 bridgehead atoms. The summed E-state index contributed by atoms with van der Waals surface area (Å²) in [6, 6.07) is 0. The minimum atomic E-state index is -4.24. The SMILES string of the molecule is COC(=O)N1CCC([SH]2C=CC=C2C(F)(F)F)CC1. The second-order valence-electron chi connectivity index (χ2n) is 4.49. The van der Waals surface area contributed by atoms with Gasteiger partial charge in [0.2, 0.25) is 0 Å². The van der Waals surface area contributed by atoms with Gasteiger partial charge in [-0.05, 0) is 29.6 Å². The van der Waals surface area contributed by atoms with Crippen LogP contribution < -0.4 is 0 Å². The zero-order valence-corrected chi connectivity index (χ0v) is 11.4. The van der Waals surface area contributed by atoms with Crippen molar-refractivity contribution in [3.63, 3.8) is 0 Å². The smallest absolute Gasteiger partial charge is 0.420 e. The lowest BCUT2D eigenvalue weighted by molar-refractivity contribution is -0.0837. The van der Waals surface area contributed by atoms with Crippen LogP contribution in [-0.4, -0.2) is 42.6 Å². The van der Waals surface area contributed by atoms with Gasteiger partial charge in [-0.1, -0.05) is 6.08 Å². The van der Waals surface area contributed by atoms with Gasteiger partial charge < -0.3 is 9.64 Å². The van der Waals surface area contributed by atoms with Crippen molar-refractivity contribution in [2.45, 2.75) is 24.3 Å². The van der Waals surface area contributed by atoms with E-state index in [0.717, 1.165) is 0 Å². The van der Waals surface area contributed by atoms with Gasteiger partial charge in [-0.15, -0.1) is 0 Å². The highest BCUT2D eigenvalue weighted by molar-refractivity contribution is 8.23. The molecule has 108 valence electrons. The van der Waals surface area contributed by atoms with Gasteiger partial charge in [0.05, 0.1) is 12.0 Å². The van der Waals surface area contributed by atoms with Gasteiger partial charge in [0.1, 0.15) is 0 Å². The average Bonchev–Trinajstić information content (AvgIpc) is 2.87. The van der Waals surface area contributed by atoms with E-state index in [2.05, 4.69) is 4.74 Å². The fourth-order valence-corrected chi connectivity index (χ4v) is 4.82. The summed E-state index contributed by atoms with van der Waals surface area (Å²) in [7, 11) is 0.0277. The summed E-state index contributed by atoms with van der Waals surface area (Å²) < 4.78 is 43.2. The molecule has 0 aromatic carbocycles. The number of ether oxygens (including phenoxy) is 1. The minimum Gasteiger partial charge on any atom is -0.453 e. The number of alkyl halides is 3. The fourth-order valence-electron chi connectivity index (χ4n) is 2.41. The molecule has 1 fully saturated rings. The number of rotatable bonds is 1. The van der Waals surface area contributed by atoms with Crippen LogP contribution in [0.15, 0.2) is 22.5 Å². The van der Waals surface area contributed by atoms with Gasteiger partial charge in [-0.3, -0.25) is 0 Å². The topological polar surface area (TPSA) is 29.5 Å². The second kappa shape index (κ2) is 5.48. The highest BCUT2D eigenvalue weighted by atomic mass is 32.2. The molecule has 1 saturated heterocycles. The number of hydrogen-bond acceptors (Lipinski definition) is 2. The van der Waals surface area contributed by atoms with Crippen LogP contribution in [-0.2, 0) is 4.74 Å². The summed E-state index contributed by atoms with van der Waals surface area (Å²) in [4.78, 5) is 12.5. The molecule has 2 heterocycles. The third kappa shape index (κ3) is 3.08. The molecule has 0 radical (unpaired) electrons. The highest BCUT2D eigenvalue weighted by Gasteiger charge is 2.41. The van der Waals surface area contributed by atoms with Gasteiger partial charge in [0, 0.05) is 13.1 Å². The van der Waals surface area contributed by atoms with Crippen LogP contribution in [0, 0.1) is 0 Å². The maximum absolute atomic E-state index is 12.8. The number of likely N-dealkylation sites (tertiary alicyclic amines) is 1. The van der Waals surface area contributed by atoms with Gasteiger partial charge in [-0.25, -0.2) is 4.79 Å². The van der Waals surface area contributed by atoms with Crippen LogP contribution in [0.1, 0.15) is 12.8 Å². The van der Waals surface area contributed by atoms with Gasteiger partial charge in [-0.2, -0.15) is 24.1 Å². The third-order valence-corrected chi connectivity index (χ3v) is 6.12. The average molecular weight is 295 g/mol. The first-order valence-corrected chi connectivity index (χ1v) is 7.48. The maximum Gasteiger partial charge on any atom is 0.420 e. The summed E-state index contributed by atoms with van der Waals surface area (Å²) in [5, 5.41) is 1.68. The molecule has 0 spiro atoms. The van der Waals surface area contributed by atoms with E-state index in [1.54, 1.807) is 10.3 Å². The monoisotopic (exact) mass is 295 g/mol. The lowest BCUT2D eigenvalue weighted by Crippen LogP contribution is -2.40. The Balaban J connectivity index is 1.97. The molecule has 0 saturated carbocycles. The molecule has 1 unspecified atom stereocenters. The van der Waals surface area contributed by atoms with Crippen LogP contribution in [0.25, 0.3) is 0 Å². The predicted molar refractivity (Wildman–Crippen MR) is 69.3 cm³/mol. The van der Waals surface area contributed by atoms with E-state index in [1.165, 1.54) is 19.3 Å². The van der Waals surface area contributed by atoms with Crippen LogP contribution in [0.5, 0.6) is 0 Å². The number of methoxy groups -OCH3 is 1. The summed E-state index contributed by atoms with van der Waals surface area (Å²) in [5.74, 6) is 0.